The predicted molar refractivity (Wildman–Crippen MR) is 115 cm³/mol. The zero-order valence-electron chi connectivity index (χ0n) is 16.9. The van der Waals surface area contributed by atoms with Gasteiger partial charge < -0.3 is 26.8 Å². The molecule has 0 aliphatic heterocycles. The number of benzene rings is 2. The van der Waals surface area contributed by atoms with Crippen molar-refractivity contribution in [1.29, 1.82) is 0 Å². The van der Waals surface area contributed by atoms with Gasteiger partial charge in [0.1, 0.15) is 6.04 Å². The summed E-state index contributed by atoms with van der Waals surface area (Å²) in [6, 6.07) is 13.0. The first-order valence-electron chi connectivity index (χ1n) is 9.75. The van der Waals surface area contributed by atoms with E-state index in [2.05, 4.69) is 16.0 Å². The van der Waals surface area contributed by atoms with Crippen LogP contribution in [0.3, 0.4) is 0 Å². The topological polar surface area (TPSA) is 166 Å². The Morgan fingerprint density at radius 2 is 1.58 bits per heavy atom. The monoisotopic (exact) mass is 429 g/mol. The smallest absolute Gasteiger partial charge is 0.267 e. The van der Waals surface area contributed by atoms with Gasteiger partial charge in [0.2, 0.25) is 5.91 Å². The summed E-state index contributed by atoms with van der Waals surface area (Å²) in [6.07, 6.45) is 0.591. The van der Waals surface area contributed by atoms with E-state index in [0.29, 0.717) is 24.2 Å². The summed E-state index contributed by atoms with van der Waals surface area (Å²) in [6.45, 7) is 0.656. The van der Waals surface area contributed by atoms with E-state index < -0.39 is 17.9 Å². The lowest BCUT2D eigenvalue weighted by atomic mass is 10.0. The first-order chi connectivity index (χ1) is 15.0. The Balaban J connectivity index is 1.94. The minimum absolute atomic E-state index is 0.0802. The summed E-state index contributed by atoms with van der Waals surface area (Å²) in [5, 5.41) is 25.5. The van der Waals surface area contributed by atoms with Crippen LogP contribution in [0.5, 0.6) is 0 Å². The van der Waals surface area contributed by atoms with Gasteiger partial charge in [0.15, 0.2) is 0 Å². The molecule has 10 heteroatoms. The number of hydrogen-bond donors (Lipinski definition) is 7. The molecule has 0 aliphatic carbocycles. The minimum Gasteiger partial charge on any atom is -0.396 e. The molecule has 0 aliphatic rings. The highest BCUT2D eigenvalue weighted by Gasteiger charge is 2.19. The molecule has 31 heavy (non-hydrogen) atoms. The lowest BCUT2D eigenvalue weighted by molar-refractivity contribution is -0.130. The highest BCUT2D eigenvalue weighted by molar-refractivity contribution is 5.98. The first kappa shape index (κ1) is 24.0. The molecule has 0 unspecified atom stereocenters. The van der Waals surface area contributed by atoms with E-state index in [0.717, 1.165) is 11.1 Å². The Morgan fingerprint density at radius 1 is 0.968 bits per heavy atom. The van der Waals surface area contributed by atoms with Crippen molar-refractivity contribution < 1.29 is 24.7 Å². The van der Waals surface area contributed by atoms with E-state index in [4.69, 9.17) is 16.0 Å². The number of nitrogens with one attached hydrogen (secondary N) is 4. The maximum absolute atomic E-state index is 12.3. The summed E-state index contributed by atoms with van der Waals surface area (Å²) < 4.78 is 0. The molecule has 10 nitrogen and oxygen atoms in total. The summed E-state index contributed by atoms with van der Waals surface area (Å²) >= 11 is 0. The number of carbonyl (C=O) groups excluding carboxylic acids is 3. The number of rotatable bonds is 11. The summed E-state index contributed by atoms with van der Waals surface area (Å²) in [5.41, 5.74) is 9.64. The summed E-state index contributed by atoms with van der Waals surface area (Å²) in [4.78, 5) is 35.6. The molecule has 0 radical (unpaired) electrons. The Kier molecular flexibility index (Phi) is 9.59. The van der Waals surface area contributed by atoms with E-state index >= 15 is 0 Å². The molecular formula is C21H27N5O5. The molecule has 0 saturated carbocycles. The van der Waals surface area contributed by atoms with Crippen molar-refractivity contribution >= 4 is 23.4 Å². The molecular weight excluding hydrogens is 402 g/mol. The quantitative estimate of drug-likeness (QED) is 0.148. The Morgan fingerprint density at radius 3 is 2.13 bits per heavy atom. The van der Waals surface area contributed by atoms with Crippen LogP contribution < -0.4 is 27.2 Å². The number of anilines is 1. The first-order valence-corrected chi connectivity index (χ1v) is 9.75. The van der Waals surface area contributed by atoms with Gasteiger partial charge in [-0.25, -0.2) is 5.48 Å². The lowest BCUT2D eigenvalue weighted by Crippen LogP contribution is -2.50. The number of carbonyl (C=O) groups is 3. The van der Waals surface area contributed by atoms with E-state index in [-0.39, 0.29) is 25.6 Å². The molecule has 0 aromatic heterocycles. The minimum atomic E-state index is -1.04. The van der Waals surface area contributed by atoms with Crippen LogP contribution in [-0.4, -0.2) is 60.3 Å². The van der Waals surface area contributed by atoms with Crippen LogP contribution in [0.15, 0.2) is 48.5 Å². The van der Waals surface area contributed by atoms with Crippen molar-refractivity contribution in [3.8, 4) is 11.1 Å². The van der Waals surface area contributed by atoms with Gasteiger partial charge in [0.05, 0.1) is 6.54 Å². The number of aliphatic hydroxyl groups is 1. The van der Waals surface area contributed by atoms with Crippen LogP contribution in [0, 0.1) is 0 Å². The van der Waals surface area contributed by atoms with Crippen LogP contribution in [0.25, 0.3) is 11.1 Å². The molecule has 2 aromatic rings. The SMILES string of the molecule is NC[C@H](NC(=O)c1ccc(-c2ccc(NC(=O)CNCCCO)cc2)cc1)C(=O)NO. The van der Waals surface area contributed by atoms with Gasteiger partial charge >= 0.3 is 0 Å². The molecule has 8 N–H and O–H groups in total. The van der Waals surface area contributed by atoms with Crippen molar-refractivity contribution in [2.45, 2.75) is 12.5 Å². The molecule has 0 bridgehead atoms. The third-order valence-corrected chi connectivity index (χ3v) is 4.41. The van der Waals surface area contributed by atoms with Gasteiger partial charge in [0, 0.05) is 24.4 Å². The summed E-state index contributed by atoms with van der Waals surface area (Å²) in [5.74, 6) is -1.46. The van der Waals surface area contributed by atoms with E-state index in [1.807, 2.05) is 12.1 Å². The fourth-order valence-corrected chi connectivity index (χ4v) is 2.72. The number of aliphatic hydroxyl groups excluding tert-OH is 1. The normalized spacial score (nSPS) is 11.5. The largest absolute Gasteiger partial charge is 0.396 e. The van der Waals surface area contributed by atoms with E-state index in [1.165, 1.54) is 5.48 Å². The van der Waals surface area contributed by atoms with E-state index in [1.54, 1.807) is 36.4 Å². The molecule has 2 rings (SSSR count). The average molecular weight is 429 g/mol. The van der Waals surface area contributed by atoms with Crippen molar-refractivity contribution in [3.05, 3.63) is 54.1 Å². The molecule has 3 amide bonds. The molecule has 2 aromatic carbocycles. The number of amides is 3. The van der Waals surface area contributed by atoms with Gasteiger partial charge in [-0.2, -0.15) is 0 Å². The molecule has 0 heterocycles. The maximum Gasteiger partial charge on any atom is 0.267 e. The highest BCUT2D eigenvalue weighted by Crippen LogP contribution is 2.22. The van der Waals surface area contributed by atoms with Crippen LogP contribution in [-0.2, 0) is 9.59 Å². The Labute approximate surface area is 179 Å². The number of hydroxylamine groups is 1. The third-order valence-electron chi connectivity index (χ3n) is 4.41. The Hall–Kier alpha value is -3.31. The zero-order valence-corrected chi connectivity index (χ0v) is 16.9. The zero-order chi connectivity index (χ0) is 22.6. The third kappa shape index (κ3) is 7.46. The van der Waals surface area contributed by atoms with Crippen molar-refractivity contribution in [2.24, 2.45) is 5.73 Å². The van der Waals surface area contributed by atoms with Crippen molar-refractivity contribution in [2.75, 3.05) is 31.6 Å². The van der Waals surface area contributed by atoms with Crippen LogP contribution in [0.2, 0.25) is 0 Å². The Bertz CT molecular complexity index is 871. The lowest BCUT2D eigenvalue weighted by Gasteiger charge is -2.14. The van der Waals surface area contributed by atoms with Crippen LogP contribution >= 0.6 is 0 Å². The van der Waals surface area contributed by atoms with Crippen molar-refractivity contribution in [1.82, 2.24) is 16.1 Å². The second-order valence-corrected chi connectivity index (χ2v) is 6.69. The van der Waals surface area contributed by atoms with Gasteiger partial charge in [-0.05, 0) is 48.4 Å². The van der Waals surface area contributed by atoms with Crippen molar-refractivity contribution in [3.63, 3.8) is 0 Å². The summed E-state index contributed by atoms with van der Waals surface area (Å²) in [7, 11) is 0. The molecule has 166 valence electrons. The highest BCUT2D eigenvalue weighted by atomic mass is 16.5. The van der Waals surface area contributed by atoms with Gasteiger partial charge in [-0.1, -0.05) is 24.3 Å². The fraction of sp³-hybridized carbons (Fsp3) is 0.286. The van der Waals surface area contributed by atoms with Gasteiger partial charge in [0.25, 0.3) is 11.8 Å². The maximum atomic E-state index is 12.3. The second-order valence-electron chi connectivity index (χ2n) is 6.69. The molecule has 0 saturated heterocycles. The second kappa shape index (κ2) is 12.4. The van der Waals surface area contributed by atoms with E-state index in [9.17, 15) is 14.4 Å². The molecule has 0 spiro atoms. The van der Waals surface area contributed by atoms with Crippen LogP contribution in [0.4, 0.5) is 5.69 Å². The fourth-order valence-electron chi connectivity index (χ4n) is 2.72. The predicted octanol–water partition coefficient (Wildman–Crippen LogP) is -0.173. The average Bonchev–Trinajstić information content (AvgIpc) is 2.80. The molecule has 1 atom stereocenters. The van der Waals surface area contributed by atoms with Gasteiger partial charge in [-0.15, -0.1) is 0 Å². The van der Waals surface area contributed by atoms with Gasteiger partial charge in [-0.3, -0.25) is 19.6 Å². The van der Waals surface area contributed by atoms with Crippen LogP contribution in [0.1, 0.15) is 16.8 Å². The standard InChI is InChI=1S/C21H27N5O5/c22-12-18(21(30)26-31)25-20(29)16-4-2-14(3-5-16)15-6-8-17(9-7-15)24-19(28)13-23-10-1-11-27/h2-9,18,23,27,31H,1,10-13,22H2,(H,24,28)(H,25,29)(H,26,30)/t18-/m0/s1. The number of hydrogen-bond acceptors (Lipinski definition) is 7. The molecule has 0 fully saturated rings. The number of nitrogens with two attached hydrogens (primary N) is 1.